The SMILES string of the molecule is CCc1ccccc1NCC(=O)Nc1cc(F)ccc1C. The topological polar surface area (TPSA) is 41.1 Å². The number of nitrogens with one attached hydrogen (secondary N) is 2. The Morgan fingerprint density at radius 1 is 1.14 bits per heavy atom. The van der Waals surface area contributed by atoms with E-state index in [1.807, 2.05) is 31.2 Å². The van der Waals surface area contributed by atoms with Gasteiger partial charge in [0.15, 0.2) is 0 Å². The highest BCUT2D eigenvalue weighted by Gasteiger charge is 2.07. The Morgan fingerprint density at radius 2 is 1.90 bits per heavy atom. The summed E-state index contributed by atoms with van der Waals surface area (Å²) < 4.78 is 13.2. The molecule has 0 aliphatic carbocycles. The van der Waals surface area contributed by atoms with Crippen molar-refractivity contribution in [2.24, 2.45) is 0 Å². The molecule has 0 radical (unpaired) electrons. The standard InChI is InChI=1S/C17H19FN2O/c1-3-13-6-4-5-7-15(13)19-11-17(21)20-16-10-14(18)9-8-12(16)2/h4-10,19H,3,11H2,1-2H3,(H,20,21). The summed E-state index contributed by atoms with van der Waals surface area (Å²) in [6.45, 7) is 4.04. The lowest BCUT2D eigenvalue weighted by atomic mass is 10.1. The summed E-state index contributed by atoms with van der Waals surface area (Å²) in [5, 5.41) is 5.83. The summed E-state index contributed by atoms with van der Waals surface area (Å²) >= 11 is 0. The number of para-hydroxylation sites is 1. The van der Waals surface area contributed by atoms with E-state index in [-0.39, 0.29) is 18.3 Å². The third-order valence-corrected chi connectivity index (χ3v) is 3.31. The number of carbonyl (C=O) groups excluding carboxylic acids is 1. The van der Waals surface area contributed by atoms with Crippen molar-refractivity contribution >= 4 is 17.3 Å². The highest BCUT2D eigenvalue weighted by Crippen LogP contribution is 2.17. The molecule has 2 N–H and O–H groups in total. The minimum Gasteiger partial charge on any atom is -0.376 e. The van der Waals surface area contributed by atoms with Gasteiger partial charge in [0.1, 0.15) is 5.82 Å². The highest BCUT2D eigenvalue weighted by atomic mass is 19.1. The molecule has 0 atom stereocenters. The molecule has 3 nitrogen and oxygen atoms in total. The van der Waals surface area contributed by atoms with Gasteiger partial charge in [-0.25, -0.2) is 4.39 Å². The first kappa shape index (κ1) is 15.0. The van der Waals surface area contributed by atoms with Crippen molar-refractivity contribution in [1.82, 2.24) is 0 Å². The van der Waals surface area contributed by atoms with E-state index in [2.05, 4.69) is 17.6 Å². The van der Waals surface area contributed by atoms with Crippen LogP contribution in [0.1, 0.15) is 18.1 Å². The Balaban J connectivity index is 1.97. The zero-order valence-electron chi connectivity index (χ0n) is 12.2. The van der Waals surface area contributed by atoms with Crippen LogP contribution in [0.4, 0.5) is 15.8 Å². The van der Waals surface area contributed by atoms with Gasteiger partial charge in [-0.3, -0.25) is 4.79 Å². The quantitative estimate of drug-likeness (QED) is 0.879. The number of aryl methyl sites for hydroxylation is 2. The van der Waals surface area contributed by atoms with Gasteiger partial charge >= 0.3 is 0 Å². The number of amides is 1. The van der Waals surface area contributed by atoms with Gasteiger partial charge < -0.3 is 10.6 Å². The van der Waals surface area contributed by atoms with E-state index in [9.17, 15) is 9.18 Å². The molecule has 0 aliphatic rings. The number of rotatable bonds is 5. The van der Waals surface area contributed by atoms with Crippen LogP contribution in [-0.4, -0.2) is 12.5 Å². The molecule has 0 aromatic heterocycles. The molecule has 110 valence electrons. The maximum atomic E-state index is 13.2. The maximum Gasteiger partial charge on any atom is 0.243 e. The largest absolute Gasteiger partial charge is 0.376 e. The van der Waals surface area contributed by atoms with Crippen LogP contribution in [0.3, 0.4) is 0 Å². The second kappa shape index (κ2) is 6.88. The van der Waals surface area contributed by atoms with E-state index in [1.165, 1.54) is 12.1 Å². The van der Waals surface area contributed by atoms with Crippen molar-refractivity contribution in [2.45, 2.75) is 20.3 Å². The molecular formula is C17H19FN2O. The Kier molecular flexibility index (Phi) is 4.93. The van der Waals surface area contributed by atoms with Gasteiger partial charge in [-0.2, -0.15) is 0 Å². The van der Waals surface area contributed by atoms with Gasteiger partial charge in [-0.15, -0.1) is 0 Å². The second-order valence-corrected chi connectivity index (χ2v) is 4.87. The molecule has 2 rings (SSSR count). The van der Waals surface area contributed by atoms with E-state index < -0.39 is 0 Å². The lowest BCUT2D eigenvalue weighted by Gasteiger charge is -2.12. The van der Waals surface area contributed by atoms with Crippen LogP contribution >= 0.6 is 0 Å². The Morgan fingerprint density at radius 3 is 2.67 bits per heavy atom. The van der Waals surface area contributed by atoms with Crippen LogP contribution in [0, 0.1) is 12.7 Å². The average Bonchev–Trinajstić information content (AvgIpc) is 2.49. The summed E-state index contributed by atoms with van der Waals surface area (Å²) in [6, 6.07) is 12.2. The minimum atomic E-state index is -0.361. The molecule has 0 aliphatic heterocycles. The molecule has 0 fully saturated rings. The molecule has 4 heteroatoms. The first-order chi connectivity index (χ1) is 10.1. The number of hydrogen-bond donors (Lipinski definition) is 2. The van der Waals surface area contributed by atoms with Gasteiger partial charge in [0, 0.05) is 11.4 Å². The molecule has 1 amide bonds. The Hall–Kier alpha value is -2.36. The van der Waals surface area contributed by atoms with Crippen LogP contribution in [0.2, 0.25) is 0 Å². The maximum absolute atomic E-state index is 13.2. The Labute approximate surface area is 124 Å². The normalized spacial score (nSPS) is 10.2. The van der Waals surface area contributed by atoms with Crippen LogP contribution in [0.15, 0.2) is 42.5 Å². The zero-order valence-corrected chi connectivity index (χ0v) is 12.2. The number of halogens is 1. The third kappa shape index (κ3) is 4.05. The predicted octanol–water partition coefficient (Wildman–Crippen LogP) is 3.75. The first-order valence-electron chi connectivity index (χ1n) is 6.98. The van der Waals surface area contributed by atoms with Crippen molar-refractivity contribution in [1.29, 1.82) is 0 Å². The highest BCUT2D eigenvalue weighted by molar-refractivity contribution is 5.94. The van der Waals surface area contributed by atoms with Crippen molar-refractivity contribution in [2.75, 3.05) is 17.2 Å². The molecular weight excluding hydrogens is 267 g/mol. The lowest BCUT2D eigenvalue weighted by molar-refractivity contribution is -0.114. The minimum absolute atomic E-state index is 0.146. The van der Waals surface area contributed by atoms with Gasteiger partial charge in [0.2, 0.25) is 5.91 Å². The fourth-order valence-corrected chi connectivity index (χ4v) is 2.10. The number of anilines is 2. The molecule has 0 heterocycles. The predicted molar refractivity (Wildman–Crippen MR) is 84.1 cm³/mol. The lowest BCUT2D eigenvalue weighted by Crippen LogP contribution is -2.22. The molecule has 21 heavy (non-hydrogen) atoms. The number of benzene rings is 2. The van der Waals surface area contributed by atoms with Crippen molar-refractivity contribution in [3.63, 3.8) is 0 Å². The van der Waals surface area contributed by atoms with Crippen molar-refractivity contribution < 1.29 is 9.18 Å². The van der Waals surface area contributed by atoms with Gasteiger partial charge in [0.05, 0.1) is 6.54 Å². The molecule has 2 aromatic carbocycles. The first-order valence-corrected chi connectivity index (χ1v) is 6.98. The van der Waals surface area contributed by atoms with Crippen LogP contribution in [-0.2, 0) is 11.2 Å². The summed E-state index contributed by atoms with van der Waals surface area (Å²) in [5.41, 5.74) is 3.45. The molecule has 0 saturated heterocycles. The molecule has 0 saturated carbocycles. The van der Waals surface area contributed by atoms with Crippen molar-refractivity contribution in [3.8, 4) is 0 Å². The Bertz CT molecular complexity index is 640. The molecule has 0 spiro atoms. The average molecular weight is 286 g/mol. The van der Waals surface area contributed by atoms with E-state index in [0.717, 1.165) is 23.2 Å². The smallest absolute Gasteiger partial charge is 0.243 e. The summed E-state index contributed by atoms with van der Waals surface area (Å²) in [4.78, 5) is 12.0. The fraction of sp³-hybridized carbons (Fsp3) is 0.235. The zero-order chi connectivity index (χ0) is 15.2. The molecule has 0 unspecified atom stereocenters. The molecule has 0 bridgehead atoms. The van der Waals surface area contributed by atoms with E-state index in [0.29, 0.717) is 5.69 Å². The third-order valence-electron chi connectivity index (χ3n) is 3.31. The van der Waals surface area contributed by atoms with Crippen LogP contribution in [0.5, 0.6) is 0 Å². The number of carbonyl (C=O) groups is 1. The van der Waals surface area contributed by atoms with Gasteiger partial charge in [0.25, 0.3) is 0 Å². The summed E-state index contributed by atoms with van der Waals surface area (Å²) in [5.74, 6) is -0.560. The summed E-state index contributed by atoms with van der Waals surface area (Å²) in [7, 11) is 0. The van der Waals surface area contributed by atoms with Gasteiger partial charge in [-0.1, -0.05) is 31.2 Å². The number of hydrogen-bond acceptors (Lipinski definition) is 2. The van der Waals surface area contributed by atoms with E-state index in [4.69, 9.17) is 0 Å². The summed E-state index contributed by atoms with van der Waals surface area (Å²) in [6.07, 6.45) is 0.897. The molecule has 2 aromatic rings. The second-order valence-electron chi connectivity index (χ2n) is 4.87. The van der Waals surface area contributed by atoms with Gasteiger partial charge in [-0.05, 0) is 42.7 Å². The van der Waals surface area contributed by atoms with Crippen LogP contribution < -0.4 is 10.6 Å². The van der Waals surface area contributed by atoms with E-state index >= 15 is 0 Å². The van der Waals surface area contributed by atoms with E-state index in [1.54, 1.807) is 6.07 Å². The van der Waals surface area contributed by atoms with Crippen molar-refractivity contribution in [3.05, 3.63) is 59.4 Å². The monoisotopic (exact) mass is 286 g/mol. The fourth-order valence-electron chi connectivity index (χ4n) is 2.10. The van der Waals surface area contributed by atoms with Crippen LogP contribution in [0.25, 0.3) is 0 Å².